The van der Waals surface area contributed by atoms with Gasteiger partial charge in [-0.2, -0.15) is 0 Å². The summed E-state index contributed by atoms with van der Waals surface area (Å²) in [5.41, 5.74) is 1.89. The molecule has 2 aliphatic carbocycles. The summed E-state index contributed by atoms with van der Waals surface area (Å²) < 4.78 is 11.7. The Morgan fingerprint density at radius 3 is 2.77 bits per heavy atom. The molecule has 0 saturated heterocycles. The summed E-state index contributed by atoms with van der Waals surface area (Å²) in [5.74, 6) is 1.37. The van der Waals surface area contributed by atoms with Crippen LogP contribution in [0.3, 0.4) is 0 Å². The largest absolute Gasteiger partial charge is 0.490 e. The maximum absolute atomic E-state index is 12.7. The van der Waals surface area contributed by atoms with Crippen LogP contribution in [0, 0.1) is 6.92 Å². The predicted octanol–water partition coefficient (Wildman–Crippen LogP) is 4.68. The second kappa shape index (κ2) is 6.98. The van der Waals surface area contributed by atoms with Gasteiger partial charge in [0.25, 0.3) is 5.91 Å². The van der Waals surface area contributed by atoms with Crippen LogP contribution >= 0.6 is 0 Å². The number of carbonyl (C=O) groups is 2. The van der Waals surface area contributed by atoms with E-state index in [1.54, 1.807) is 6.92 Å². The second-order valence-electron chi connectivity index (χ2n) is 7.14. The minimum Gasteiger partial charge on any atom is -0.490 e. The van der Waals surface area contributed by atoms with E-state index in [-0.39, 0.29) is 23.6 Å². The molecule has 136 valence electrons. The molecule has 1 aromatic heterocycles. The zero-order valence-electron chi connectivity index (χ0n) is 15.0. The van der Waals surface area contributed by atoms with Gasteiger partial charge in [-0.25, -0.2) is 0 Å². The lowest BCUT2D eigenvalue weighted by Gasteiger charge is -2.14. The molecule has 1 saturated carbocycles. The van der Waals surface area contributed by atoms with Gasteiger partial charge in [0.05, 0.1) is 11.7 Å². The van der Waals surface area contributed by atoms with Crippen LogP contribution < -0.4 is 10.1 Å². The highest BCUT2D eigenvalue weighted by Crippen LogP contribution is 2.30. The van der Waals surface area contributed by atoms with Gasteiger partial charge >= 0.3 is 0 Å². The van der Waals surface area contributed by atoms with Crippen LogP contribution in [-0.4, -0.2) is 17.8 Å². The smallest absolute Gasteiger partial charge is 0.291 e. The van der Waals surface area contributed by atoms with E-state index < -0.39 is 0 Å². The van der Waals surface area contributed by atoms with Gasteiger partial charge in [-0.1, -0.05) is 6.07 Å². The maximum atomic E-state index is 12.7. The summed E-state index contributed by atoms with van der Waals surface area (Å²) in [6.07, 6.45) is 6.87. The zero-order chi connectivity index (χ0) is 18.1. The summed E-state index contributed by atoms with van der Waals surface area (Å²) in [6, 6.07) is 7.43. The molecular formula is C21H23NO4. The fourth-order valence-corrected chi connectivity index (χ4v) is 3.90. The molecule has 4 rings (SSSR count). The maximum Gasteiger partial charge on any atom is 0.291 e. The third-order valence-electron chi connectivity index (χ3n) is 5.21. The highest BCUT2D eigenvalue weighted by atomic mass is 16.5. The number of benzene rings is 1. The SMILES string of the molecule is Cc1c(C(=O)Nc2cccc(OC3CCCC3)c2)oc2c1C(=O)CCC2. The van der Waals surface area contributed by atoms with Crippen LogP contribution in [0.2, 0.25) is 0 Å². The molecule has 26 heavy (non-hydrogen) atoms. The molecule has 2 aromatic rings. The van der Waals surface area contributed by atoms with E-state index in [9.17, 15) is 9.59 Å². The summed E-state index contributed by atoms with van der Waals surface area (Å²) in [5, 5.41) is 2.86. The molecule has 5 heteroatoms. The monoisotopic (exact) mass is 353 g/mol. The van der Waals surface area contributed by atoms with Gasteiger partial charge in [-0.3, -0.25) is 9.59 Å². The van der Waals surface area contributed by atoms with Gasteiger partial charge in [0.15, 0.2) is 11.5 Å². The van der Waals surface area contributed by atoms with Crippen molar-refractivity contribution in [3.05, 3.63) is 46.9 Å². The third kappa shape index (κ3) is 3.26. The Kier molecular flexibility index (Phi) is 4.53. The fourth-order valence-electron chi connectivity index (χ4n) is 3.90. The summed E-state index contributed by atoms with van der Waals surface area (Å²) >= 11 is 0. The van der Waals surface area contributed by atoms with E-state index in [2.05, 4.69) is 5.32 Å². The lowest BCUT2D eigenvalue weighted by Crippen LogP contribution is -2.14. The van der Waals surface area contributed by atoms with Crippen LogP contribution in [0.25, 0.3) is 0 Å². The van der Waals surface area contributed by atoms with E-state index in [1.807, 2.05) is 24.3 Å². The Morgan fingerprint density at radius 1 is 1.19 bits per heavy atom. The molecule has 0 spiro atoms. The lowest BCUT2D eigenvalue weighted by molar-refractivity contribution is 0.0963. The first-order valence-electron chi connectivity index (χ1n) is 9.35. The van der Waals surface area contributed by atoms with Crippen LogP contribution in [-0.2, 0) is 6.42 Å². The molecule has 5 nitrogen and oxygen atoms in total. The van der Waals surface area contributed by atoms with Gasteiger partial charge in [-0.15, -0.1) is 0 Å². The Balaban J connectivity index is 1.51. The van der Waals surface area contributed by atoms with Crippen molar-refractivity contribution >= 4 is 17.4 Å². The molecule has 2 aliphatic rings. The number of rotatable bonds is 4. The first-order chi connectivity index (χ1) is 12.6. The van der Waals surface area contributed by atoms with E-state index >= 15 is 0 Å². The van der Waals surface area contributed by atoms with Gasteiger partial charge in [-0.05, 0) is 51.2 Å². The molecule has 0 atom stereocenters. The van der Waals surface area contributed by atoms with Crippen molar-refractivity contribution in [1.29, 1.82) is 0 Å². The third-order valence-corrected chi connectivity index (χ3v) is 5.21. The molecule has 1 aromatic carbocycles. The minimum absolute atomic E-state index is 0.0681. The number of hydrogen-bond acceptors (Lipinski definition) is 4. The van der Waals surface area contributed by atoms with Crippen molar-refractivity contribution in [2.45, 2.75) is 58.0 Å². The van der Waals surface area contributed by atoms with Crippen LogP contribution in [0.4, 0.5) is 5.69 Å². The molecule has 0 unspecified atom stereocenters. The number of Topliss-reactive ketones (excluding diaryl/α,β-unsaturated/α-hetero) is 1. The van der Waals surface area contributed by atoms with Gasteiger partial charge in [0, 0.05) is 30.2 Å². The molecule has 1 heterocycles. The van der Waals surface area contributed by atoms with Crippen molar-refractivity contribution in [2.75, 3.05) is 5.32 Å². The van der Waals surface area contributed by atoms with Crippen molar-refractivity contribution in [2.24, 2.45) is 0 Å². The highest BCUT2D eigenvalue weighted by Gasteiger charge is 2.28. The summed E-state index contributed by atoms with van der Waals surface area (Å²) in [4.78, 5) is 24.8. The number of aryl methyl sites for hydroxylation is 1. The highest BCUT2D eigenvalue weighted by molar-refractivity contribution is 6.07. The number of fused-ring (bicyclic) bond motifs is 1. The Morgan fingerprint density at radius 2 is 2.00 bits per heavy atom. The summed E-state index contributed by atoms with van der Waals surface area (Å²) in [7, 11) is 0. The van der Waals surface area contributed by atoms with Crippen LogP contribution in [0.15, 0.2) is 28.7 Å². The van der Waals surface area contributed by atoms with Crippen molar-refractivity contribution in [1.82, 2.24) is 0 Å². The average Bonchev–Trinajstić information content (AvgIpc) is 3.24. The Hall–Kier alpha value is -2.56. The number of ether oxygens (including phenoxy) is 1. The van der Waals surface area contributed by atoms with Crippen molar-refractivity contribution < 1.29 is 18.7 Å². The molecule has 1 N–H and O–H groups in total. The molecule has 0 aliphatic heterocycles. The normalized spacial score (nSPS) is 17.2. The molecule has 1 fully saturated rings. The average molecular weight is 353 g/mol. The van der Waals surface area contributed by atoms with Gasteiger partial charge in [0.1, 0.15) is 11.5 Å². The molecule has 0 bridgehead atoms. The van der Waals surface area contributed by atoms with Gasteiger partial charge in [0.2, 0.25) is 0 Å². The minimum atomic E-state index is -0.331. The standard InChI is InChI=1S/C21H23NO4/c1-13-19-17(23)10-5-11-18(19)26-20(13)21(24)22-14-6-4-9-16(12-14)25-15-7-2-3-8-15/h4,6,9,12,15H,2-3,5,7-8,10-11H2,1H3,(H,22,24). The number of anilines is 1. The van der Waals surface area contributed by atoms with Gasteiger partial charge < -0.3 is 14.5 Å². The summed E-state index contributed by atoms with van der Waals surface area (Å²) in [6.45, 7) is 1.78. The van der Waals surface area contributed by atoms with Crippen molar-refractivity contribution in [3.63, 3.8) is 0 Å². The number of hydrogen-bond donors (Lipinski definition) is 1. The number of furan rings is 1. The fraction of sp³-hybridized carbons (Fsp3) is 0.429. The second-order valence-corrected chi connectivity index (χ2v) is 7.14. The Bertz CT molecular complexity index is 846. The zero-order valence-corrected chi connectivity index (χ0v) is 15.0. The lowest BCUT2D eigenvalue weighted by atomic mass is 9.94. The molecular weight excluding hydrogens is 330 g/mol. The topological polar surface area (TPSA) is 68.5 Å². The number of nitrogens with one attached hydrogen (secondary N) is 1. The first-order valence-corrected chi connectivity index (χ1v) is 9.35. The number of carbonyl (C=O) groups excluding carboxylic acids is 2. The number of amides is 1. The van der Waals surface area contributed by atoms with E-state index in [4.69, 9.17) is 9.15 Å². The van der Waals surface area contributed by atoms with Crippen LogP contribution in [0.1, 0.15) is 70.8 Å². The van der Waals surface area contributed by atoms with Crippen LogP contribution in [0.5, 0.6) is 5.75 Å². The Labute approximate surface area is 152 Å². The van der Waals surface area contributed by atoms with E-state index in [1.165, 1.54) is 12.8 Å². The number of ketones is 1. The predicted molar refractivity (Wildman–Crippen MR) is 98.0 cm³/mol. The first kappa shape index (κ1) is 16.9. The van der Waals surface area contributed by atoms with Crippen molar-refractivity contribution in [3.8, 4) is 5.75 Å². The van der Waals surface area contributed by atoms with E-state index in [0.29, 0.717) is 35.4 Å². The van der Waals surface area contributed by atoms with E-state index in [0.717, 1.165) is 25.0 Å². The quantitative estimate of drug-likeness (QED) is 0.866. The molecule has 0 radical (unpaired) electrons. The molecule has 1 amide bonds.